The minimum Gasteiger partial charge on any atom is -0.486 e. The van der Waals surface area contributed by atoms with Gasteiger partial charge in [-0.15, -0.1) is 12.4 Å². The minimum absolute atomic E-state index is 0. The Morgan fingerprint density at radius 3 is 2.26 bits per heavy atom. The van der Waals surface area contributed by atoms with E-state index in [9.17, 15) is 0 Å². The van der Waals surface area contributed by atoms with E-state index in [2.05, 4.69) is 48.5 Å². The van der Waals surface area contributed by atoms with Crippen LogP contribution in [0.3, 0.4) is 0 Å². The number of benzene rings is 3. The summed E-state index contributed by atoms with van der Waals surface area (Å²) in [6.07, 6.45) is 0. The molecule has 0 amide bonds. The molecule has 0 atom stereocenters. The Labute approximate surface area is 164 Å². The highest BCUT2D eigenvalue weighted by Crippen LogP contribution is 2.36. The number of hydrogen-bond donors (Lipinski definition) is 0. The molecular weight excluding hydrogens is 358 g/mol. The molecule has 1 aromatic heterocycles. The zero-order valence-corrected chi connectivity index (χ0v) is 15.4. The van der Waals surface area contributed by atoms with Crippen molar-refractivity contribution in [3.05, 3.63) is 78.9 Å². The van der Waals surface area contributed by atoms with Gasteiger partial charge in [0.15, 0.2) is 11.5 Å². The molecule has 134 valence electrons. The number of para-hydroxylation sites is 1. The van der Waals surface area contributed by atoms with Gasteiger partial charge in [0.1, 0.15) is 13.2 Å². The standard InChI is InChI=1S/C23H17NO2.ClH/c1-2-6-16(7-3-1)19-15-21(24-20-9-5-4-8-18(19)20)17-10-11-22-23(14-17)26-13-12-25-22;/h1-11,14-15H,12-13H2;1H. The fourth-order valence-electron chi connectivity index (χ4n) is 3.38. The first kappa shape index (κ1) is 17.4. The zero-order chi connectivity index (χ0) is 17.3. The van der Waals surface area contributed by atoms with Gasteiger partial charge in [0.25, 0.3) is 0 Å². The Kier molecular flexibility index (Phi) is 4.69. The van der Waals surface area contributed by atoms with Crippen molar-refractivity contribution in [2.24, 2.45) is 0 Å². The molecule has 27 heavy (non-hydrogen) atoms. The van der Waals surface area contributed by atoms with Gasteiger partial charge >= 0.3 is 0 Å². The van der Waals surface area contributed by atoms with Crippen molar-refractivity contribution in [2.45, 2.75) is 0 Å². The second-order valence-corrected chi connectivity index (χ2v) is 6.30. The number of rotatable bonds is 2. The second kappa shape index (κ2) is 7.29. The van der Waals surface area contributed by atoms with Crippen molar-refractivity contribution < 1.29 is 9.47 Å². The quantitative estimate of drug-likeness (QED) is 0.446. The summed E-state index contributed by atoms with van der Waals surface area (Å²) in [4.78, 5) is 4.88. The van der Waals surface area contributed by atoms with Crippen molar-refractivity contribution in [2.75, 3.05) is 13.2 Å². The van der Waals surface area contributed by atoms with Crippen LogP contribution in [-0.4, -0.2) is 18.2 Å². The monoisotopic (exact) mass is 375 g/mol. The van der Waals surface area contributed by atoms with Crippen LogP contribution >= 0.6 is 12.4 Å². The smallest absolute Gasteiger partial charge is 0.162 e. The van der Waals surface area contributed by atoms with Gasteiger partial charge in [-0.1, -0.05) is 48.5 Å². The maximum Gasteiger partial charge on any atom is 0.162 e. The van der Waals surface area contributed by atoms with Crippen LogP contribution in [0.4, 0.5) is 0 Å². The van der Waals surface area contributed by atoms with E-state index >= 15 is 0 Å². The third-order valence-electron chi connectivity index (χ3n) is 4.64. The van der Waals surface area contributed by atoms with Gasteiger partial charge < -0.3 is 9.47 Å². The summed E-state index contributed by atoms with van der Waals surface area (Å²) in [5.41, 5.74) is 5.31. The maximum absolute atomic E-state index is 5.74. The van der Waals surface area contributed by atoms with Crippen LogP contribution < -0.4 is 9.47 Å². The lowest BCUT2D eigenvalue weighted by atomic mass is 9.98. The predicted molar refractivity (Wildman–Crippen MR) is 111 cm³/mol. The van der Waals surface area contributed by atoms with Gasteiger partial charge in [0.2, 0.25) is 0 Å². The molecule has 0 saturated carbocycles. The average molecular weight is 376 g/mol. The fraction of sp³-hybridized carbons (Fsp3) is 0.0870. The molecule has 0 saturated heterocycles. The van der Waals surface area contributed by atoms with E-state index in [1.807, 2.05) is 30.3 Å². The molecule has 0 aliphatic carbocycles. The van der Waals surface area contributed by atoms with Gasteiger partial charge in [-0.2, -0.15) is 0 Å². The van der Waals surface area contributed by atoms with E-state index in [0.717, 1.165) is 33.7 Å². The summed E-state index contributed by atoms with van der Waals surface area (Å²) >= 11 is 0. The lowest BCUT2D eigenvalue weighted by Crippen LogP contribution is -2.15. The van der Waals surface area contributed by atoms with Crippen LogP contribution in [0.2, 0.25) is 0 Å². The van der Waals surface area contributed by atoms with Crippen molar-refractivity contribution in [1.29, 1.82) is 0 Å². The maximum atomic E-state index is 5.74. The summed E-state index contributed by atoms with van der Waals surface area (Å²) in [6, 6.07) is 26.9. The summed E-state index contributed by atoms with van der Waals surface area (Å²) in [6.45, 7) is 1.18. The van der Waals surface area contributed by atoms with Crippen LogP contribution in [0.5, 0.6) is 11.5 Å². The summed E-state index contributed by atoms with van der Waals surface area (Å²) in [7, 11) is 0. The molecule has 1 aliphatic heterocycles. The van der Waals surface area contributed by atoms with E-state index < -0.39 is 0 Å². The molecule has 0 unspecified atom stereocenters. The third kappa shape index (κ3) is 3.22. The van der Waals surface area contributed by atoms with Gasteiger partial charge in [-0.3, -0.25) is 0 Å². The first-order valence-corrected chi connectivity index (χ1v) is 8.74. The van der Waals surface area contributed by atoms with Crippen molar-refractivity contribution >= 4 is 23.3 Å². The molecule has 5 rings (SSSR count). The first-order valence-electron chi connectivity index (χ1n) is 8.74. The van der Waals surface area contributed by atoms with Crippen LogP contribution in [-0.2, 0) is 0 Å². The van der Waals surface area contributed by atoms with Crippen molar-refractivity contribution in [3.63, 3.8) is 0 Å². The topological polar surface area (TPSA) is 31.4 Å². The Morgan fingerprint density at radius 1 is 0.667 bits per heavy atom. The highest BCUT2D eigenvalue weighted by molar-refractivity contribution is 5.96. The molecule has 0 spiro atoms. The second-order valence-electron chi connectivity index (χ2n) is 6.30. The largest absolute Gasteiger partial charge is 0.486 e. The van der Waals surface area contributed by atoms with Gasteiger partial charge in [0, 0.05) is 10.9 Å². The SMILES string of the molecule is Cl.c1ccc(-c2cc(-c3ccc4c(c3)OCCO4)nc3ccccc23)cc1. The number of pyridine rings is 1. The number of nitrogens with zero attached hydrogens (tertiary/aromatic N) is 1. The van der Waals surface area contributed by atoms with E-state index in [4.69, 9.17) is 14.5 Å². The summed E-state index contributed by atoms with van der Waals surface area (Å²) < 4.78 is 11.4. The van der Waals surface area contributed by atoms with Crippen molar-refractivity contribution in [3.8, 4) is 33.9 Å². The summed E-state index contributed by atoms with van der Waals surface area (Å²) in [5.74, 6) is 1.58. The Hall–Kier alpha value is -3.04. The first-order chi connectivity index (χ1) is 12.9. The zero-order valence-electron chi connectivity index (χ0n) is 14.6. The molecule has 2 heterocycles. The molecule has 0 N–H and O–H groups in total. The Balaban J connectivity index is 0.00000180. The van der Waals surface area contributed by atoms with Crippen LogP contribution in [0.15, 0.2) is 78.9 Å². The predicted octanol–water partition coefficient (Wildman–Crippen LogP) is 5.76. The van der Waals surface area contributed by atoms with Gasteiger partial charge in [-0.25, -0.2) is 4.98 Å². The number of halogens is 1. The Morgan fingerprint density at radius 2 is 1.41 bits per heavy atom. The number of hydrogen-bond acceptors (Lipinski definition) is 3. The summed E-state index contributed by atoms with van der Waals surface area (Å²) in [5, 5.41) is 1.15. The van der Waals surface area contributed by atoms with Crippen LogP contribution in [0.25, 0.3) is 33.3 Å². The number of fused-ring (bicyclic) bond motifs is 2. The molecule has 4 aromatic rings. The Bertz CT molecular complexity index is 1100. The van der Waals surface area contributed by atoms with Gasteiger partial charge in [-0.05, 0) is 41.5 Å². The molecule has 0 fully saturated rings. The minimum atomic E-state index is 0. The van der Waals surface area contributed by atoms with E-state index in [-0.39, 0.29) is 12.4 Å². The fourth-order valence-corrected chi connectivity index (χ4v) is 3.38. The molecule has 0 radical (unpaired) electrons. The normalized spacial score (nSPS) is 12.4. The lowest BCUT2D eigenvalue weighted by molar-refractivity contribution is 0.171. The van der Waals surface area contributed by atoms with E-state index in [0.29, 0.717) is 13.2 Å². The third-order valence-corrected chi connectivity index (χ3v) is 4.64. The average Bonchev–Trinajstić information content (AvgIpc) is 2.73. The lowest BCUT2D eigenvalue weighted by Gasteiger charge is -2.19. The highest BCUT2D eigenvalue weighted by atomic mass is 35.5. The number of ether oxygens (including phenoxy) is 2. The molecular formula is C23H18ClNO2. The van der Waals surface area contributed by atoms with E-state index in [1.165, 1.54) is 11.1 Å². The highest BCUT2D eigenvalue weighted by Gasteiger charge is 2.14. The van der Waals surface area contributed by atoms with Crippen molar-refractivity contribution in [1.82, 2.24) is 4.98 Å². The van der Waals surface area contributed by atoms with Crippen LogP contribution in [0, 0.1) is 0 Å². The molecule has 1 aliphatic rings. The van der Waals surface area contributed by atoms with Gasteiger partial charge in [0.05, 0.1) is 11.2 Å². The number of aromatic nitrogens is 1. The molecule has 3 aromatic carbocycles. The molecule has 3 nitrogen and oxygen atoms in total. The van der Waals surface area contributed by atoms with E-state index in [1.54, 1.807) is 0 Å². The molecule has 4 heteroatoms. The van der Waals surface area contributed by atoms with Crippen LogP contribution in [0.1, 0.15) is 0 Å². The molecule has 0 bridgehead atoms.